The smallest absolute Gasteiger partial charge is 0.176 e. The van der Waals surface area contributed by atoms with Crippen molar-refractivity contribution in [2.45, 2.75) is 13.3 Å². The van der Waals surface area contributed by atoms with Gasteiger partial charge < -0.3 is 9.15 Å². The minimum atomic E-state index is 0.631. The number of hydrogen-bond donors (Lipinski definition) is 0. The van der Waals surface area contributed by atoms with Crippen LogP contribution in [-0.4, -0.2) is 13.4 Å². The molecule has 0 aliphatic carbocycles. The van der Waals surface area contributed by atoms with E-state index >= 15 is 0 Å². The molecular formula is C12H12O3. The largest absolute Gasteiger partial charge is 0.493 e. The van der Waals surface area contributed by atoms with Gasteiger partial charge in [-0.15, -0.1) is 0 Å². The van der Waals surface area contributed by atoms with E-state index in [2.05, 4.69) is 0 Å². The van der Waals surface area contributed by atoms with E-state index < -0.39 is 0 Å². The first-order chi connectivity index (χ1) is 7.31. The molecule has 0 saturated carbocycles. The number of aryl methyl sites for hydroxylation is 1. The molecule has 0 amide bonds. The average molecular weight is 204 g/mol. The van der Waals surface area contributed by atoms with Gasteiger partial charge in [-0.25, -0.2) is 0 Å². The maximum absolute atomic E-state index is 11.0. The van der Waals surface area contributed by atoms with Gasteiger partial charge >= 0.3 is 0 Å². The fourth-order valence-electron chi connectivity index (χ4n) is 1.71. The summed E-state index contributed by atoms with van der Waals surface area (Å²) in [6.45, 7) is 1.96. The molecule has 3 heteroatoms. The van der Waals surface area contributed by atoms with E-state index in [9.17, 15) is 4.79 Å². The molecule has 0 atom stereocenters. The number of hydrogen-bond acceptors (Lipinski definition) is 3. The van der Waals surface area contributed by atoms with E-state index in [1.165, 1.54) is 0 Å². The average Bonchev–Trinajstić information content (AvgIpc) is 2.66. The Balaban J connectivity index is 2.80. The molecular weight excluding hydrogens is 192 g/mol. The number of furan rings is 1. The van der Waals surface area contributed by atoms with E-state index in [-0.39, 0.29) is 0 Å². The van der Waals surface area contributed by atoms with Crippen molar-refractivity contribution in [1.82, 2.24) is 0 Å². The van der Waals surface area contributed by atoms with Gasteiger partial charge in [0.05, 0.1) is 12.7 Å². The Hall–Kier alpha value is -1.77. The molecule has 1 aromatic heterocycles. The van der Waals surface area contributed by atoms with Crippen LogP contribution in [0.5, 0.6) is 5.75 Å². The second kappa shape index (κ2) is 3.77. The second-order valence-corrected chi connectivity index (χ2v) is 3.25. The Kier molecular flexibility index (Phi) is 2.46. The maximum atomic E-state index is 11.0. The third-order valence-corrected chi connectivity index (χ3v) is 2.45. The Labute approximate surface area is 87.6 Å². The van der Waals surface area contributed by atoms with Gasteiger partial charge in [0.2, 0.25) is 0 Å². The van der Waals surface area contributed by atoms with Crippen molar-refractivity contribution >= 4 is 17.3 Å². The van der Waals surface area contributed by atoms with Crippen molar-refractivity contribution in [3.05, 3.63) is 29.5 Å². The Morgan fingerprint density at radius 3 is 2.87 bits per heavy atom. The SMILES string of the molecule is CCc1oc2c(OC)cccc2c1C=O. The lowest BCUT2D eigenvalue weighted by atomic mass is 10.1. The number of carbonyl (C=O) groups excluding carboxylic acids is 1. The van der Waals surface area contributed by atoms with Crippen LogP contribution < -0.4 is 4.74 Å². The standard InChI is InChI=1S/C12H12O3/c1-3-10-9(7-13)8-5-4-6-11(14-2)12(8)15-10/h4-7H,3H2,1-2H3. The first-order valence-corrected chi connectivity index (χ1v) is 4.85. The highest BCUT2D eigenvalue weighted by atomic mass is 16.5. The van der Waals surface area contributed by atoms with Crippen LogP contribution in [0.3, 0.4) is 0 Å². The van der Waals surface area contributed by atoms with Gasteiger partial charge in [-0.1, -0.05) is 19.1 Å². The molecule has 78 valence electrons. The molecule has 2 aromatic rings. The van der Waals surface area contributed by atoms with Crippen LogP contribution in [0.2, 0.25) is 0 Å². The van der Waals surface area contributed by atoms with Crippen molar-refractivity contribution in [1.29, 1.82) is 0 Å². The van der Waals surface area contributed by atoms with Gasteiger partial charge in [-0.3, -0.25) is 4.79 Å². The zero-order valence-corrected chi connectivity index (χ0v) is 8.74. The normalized spacial score (nSPS) is 10.5. The van der Waals surface area contributed by atoms with Gasteiger partial charge in [0.15, 0.2) is 17.6 Å². The Bertz CT molecular complexity index is 497. The number of para-hydroxylation sites is 1. The molecule has 15 heavy (non-hydrogen) atoms. The van der Waals surface area contributed by atoms with E-state index in [1.807, 2.05) is 25.1 Å². The molecule has 0 spiro atoms. The van der Waals surface area contributed by atoms with Crippen molar-refractivity contribution in [2.75, 3.05) is 7.11 Å². The summed E-state index contributed by atoms with van der Waals surface area (Å²) in [6, 6.07) is 5.53. The highest BCUT2D eigenvalue weighted by Crippen LogP contribution is 2.31. The molecule has 0 bridgehead atoms. The third-order valence-electron chi connectivity index (χ3n) is 2.45. The number of ether oxygens (including phenoxy) is 1. The van der Waals surface area contributed by atoms with E-state index in [4.69, 9.17) is 9.15 Å². The molecule has 0 unspecified atom stereocenters. The highest BCUT2D eigenvalue weighted by molar-refractivity contribution is 5.99. The molecule has 1 heterocycles. The minimum Gasteiger partial charge on any atom is -0.493 e. The van der Waals surface area contributed by atoms with Crippen LogP contribution >= 0.6 is 0 Å². The summed E-state index contributed by atoms with van der Waals surface area (Å²) in [4.78, 5) is 11.0. The maximum Gasteiger partial charge on any atom is 0.176 e. The van der Waals surface area contributed by atoms with Gasteiger partial charge in [0.1, 0.15) is 5.76 Å². The Morgan fingerprint density at radius 2 is 2.27 bits per heavy atom. The quantitative estimate of drug-likeness (QED) is 0.721. The van der Waals surface area contributed by atoms with Crippen molar-refractivity contribution in [3.8, 4) is 5.75 Å². The minimum absolute atomic E-state index is 0.631. The van der Waals surface area contributed by atoms with Gasteiger partial charge in [-0.2, -0.15) is 0 Å². The molecule has 0 aliphatic heterocycles. The molecule has 3 nitrogen and oxygen atoms in total. The van der Waals surface area contributed by atoms with Crippen molar-refractivity contribution < 1.29 is 13.9 Å². The summed E-state index contributed by atoms with van der Waals surface area (Å²) >= 11 is 0. The first-order valence-electron chi connectivity index (χ1n) is 4.85. The van der Waals surface area contributed by atoms with Crippen LogP contribution in [0.15, 0.2) is 22.6 Å². The lowest BCUT2D eigenvalue weighted by Crippen LogP contribution is -1.84. The van der Waals surface area contributed by atoms with Crippen LogP contribution in [0.1, 0.15) is 23.0 Å². The molecule has 0 aliphatic rings. The van der Waals surface area contributed by atoms with Crippen molar-refractivity contribution in [3.63, 3.8) is 0 Å². The van der Waals surface area contributed by atoms with Gasteiger partial charge in [-0.05, 0) is 6.07 Å². The van der Waals surface area contributed by atoms with Crippen LogP contribution in [-0.2, 0) is 6.42 Å². The lowest BCUT2D eigenvalue weighted by molar-refractivity contribution is 0.112. The predicted octanol–water partition coefficient (Wildman–Crippen LogP) is 2.82. The third kappa shape index (κ3) is 1.40. The molecule has 0 N–H and O–H groups in total. The topological polar surface area (TPSA) is 39.4 Å². The predicted molar refractivity (Wildman–Crippen MR) is 57.5 cm³/mol. The molecule has 0 fully saturated rings. The zero-order valence-electron chi connectivity index (χ0n) is 8.74. The monoisotopic (exact) mass is 204 g/mol. The number of rotatable bonds is 3. The van der Waals surface area contributed by atoms with Crippen LogP contribution in [0.4, 0.5) is 0 Å². The lowest BCUT2D eigenvalue weighted by Gasteiger charge is -1.98. The summed E-state index contributed by atoms with van der Waals surface area (Å²) in [5, 5.41) is 0.821. The highest BCUT2D eigenvalue weighted by Gasteiger charge is 2.14. The van der Waals surface area contributed by atoms with E-state index in [0.717, 1.165) is 11.7 Å². The summed E-state index contributed by atoms with van der Waals surface area (Å²) in [5.41, 5.74) is 1.28. The number of benzene rings is 1. The van der Waals surface area contributed by atoms with Gasteiger partial charge in [0, 0.05) is 11.8 Å². The van der Waals surface area contributed by atoms with E-state index in [0.29, 0.717) is 29.1 Å². The summed E-state index contributed by atoms with van der Waals surface area (Å²) in [7, 11) is 1.59. The number of carbonyl (C=O) groups is 1. The fourth-order valence-corrected chi connectivity index (χ4v) is 1.71. The molecule has 0 saturated heterocycles. The summed E-state index contributed by atoms with van der Waals surface area (Å²) in [5.74, 6) is 1.37. The summed E-state index contributed by atoms with van der Waals surface area (Å²) in [6.07, 6.45) is 1.54. The Morgan fingerprint density at radius 1 is 1.47 bits per heavy atom. The molecule has 1 aromatic carbocycles. The summed E-state index contributed by atoms with van der Waals surface area (Å²) < 4.78 is 10.8. The molecule has 2 rings (SSSR count). The van der Waals surface area contributed by atoms with Crippen LogP contribution in [0.25, 0.3) is 11.0 Å². The van der Waals surface area contributed by atoms with E-state index in [1.54, 1.807) is 7.11 Å². The first kappa shape index (κ1) is 9.77. The number of aldehydes is 1. The number of fused-ring (bicyclic) bond motifs is 1. The fraction of sp³-hybridized carbons (Fsp3) is 0.250. The zero-order chi connectivity index (χ0) is 10.8. The van der Waals surface area contributed by atoms with Crippen LogP contribution in [0, 0.1) is 0 Å². The van der Waals surface area contributed by atoms with Gasteiger partial charge in [0.25, 0.3) is 0 Å². The van der Waals surface area contributed by atoms with Crippen molar-refractivity contribution in [2.24, 2.45) is 0 Å². The molecule has 0 radical (unpaired) electrons. The number of methoxy groups -OCH3 is 1. The second-order valence-electron chi connectivity index (χ2n) is 3.25.